The zero-order valence-corrected chi connectivity index (χ0v) is 15.6. The first kappa shape index (κ1) is 22.2. The van der Waals surface area contributed by atoms with Crippen molar-refractivity contribution in [1.82, 2.24) is 9.80 Å². The van der Waals surface area contributed by atoms with Crippen molar-refractivity contribution in [2.24, 2.45) is 0 Å². The predicted octanol–water partition coefficient (Wildman–Crippen LogP) is 2.74. The van der Waals surface area contributed by atoms with E-state index in [4.69, 9.17) is 9.84 Å². The van der Waals surface area contributed by atoms with Crippen molar-refractivity contribution >= 4 is 18.0 Å². The van der Waals surface area contributed by atoms with Gasteiger partial charge in [-0.05, 0) is 27.2 Å². The molecule has 0 radical (unpaired) electrons. The highest BCUT2D eigenvalue weighted by Crippen LogP contribution is 2.10. The zero-order valence-electron chi connectivity index (χ0n) is 15.6. The van der Waals surface area contributed by atoms with Crippen molar-refractivity contribution < 1.29 is 24.2 Å². The molecule has 7 heteroatoms. The molecule has 140 valence electrons. The third kappa shape index (κ3) is 10.9. The molecule has 0 bridgehead atoms. The van der Waals surface area contributed by atoms with Crippen LogP contribution >= 0.6 is 0 Å². The lowest BCUT2D eigenvalue weighted by Crippen LogP contribution is -2.45. The highest BCUT2D eigenvalue weighted by molar-refractivity contribution is 5.84. The molecule has 0 aliphatic carbocycles. The third-order valence-electron chi connectivity index (χ3n) is 3.33. The number of unbranched alkanes of at least 4 members (excludes halogenated alkanes) is 4. The van der Waals surface area contributed by atoms with Crippen LogP contribution in [0.1, 0.15) is 59.8 Å². The summed E-state index contributed by atoms with van der Waals surface area (Å²) in [5.74, 6) is -1.48. The second kappa shape index (κ2) is 10.9. The number of ether oxygens (including phenoxy) is 1. The Morgan fingerprint density at radius 2 is 1.58 bits per heavy atom. The Morgan fingerprint density at radius 3 is 2.08 bits per heavy atom. The number of amides is 2. The van der Waals surface area contributed by atoms with Crippen LogP contribution in [-0.4, -0.2) is 65.2 Å². The van der Waals surface area contributed by atoms with E-state index in [-0.39, 0.29) is 12.5 Å². The molecule has 0 aromatic carbocycles. The van der Waals surface area contributed by atoms with E-state index in [2.05, 4.69) is 6.92 Å². The van der Waals surface area contributed by atoms with Crippen LogP contribution in [0, 0.1) is 0 Å². The average molecular weight is 344 g/mol. The van der Waals surface area contributed by atoms with Crippen molar-refractivity contribution in [3.63, 3.8) is 0 Å². The summed E-state index contributed by atoms with van der Waals surface area (Å²) in [6.07, 6.45) is 4.64. The summed E-state index contributed by atoms with van der Waals surface area (Å²) in [6, 6.07) is 0. The molecule has 0 aliphatic rings. The maximum Gasteiger partial charge on any atom is 0.411 e. The van der Waals surface area contributed by atoms with Crippen LogP contribution < -0.4 is 0 Å². The molecule has 0 saturated heterocycles. The van der Waals surface area contributed by atoms with Crippen molar-refractivity contribution in [3.8, 4) is 0 Å². The SMILES string of the molecule is CCCCCCCN(C)C(=O)CN(CC(=O)O)C(=O)OC(C)(C)C. The van der Waals surface area contributed by atoms with Gasteiger partial charge in [-0.15, -0.1) is 0 Å². The second-order valence-corrected chi connectivity index (χ2v) is 6.96. The van der Waals surface area contributed by atoms with Crippen molar-refractivity contribution in [2.75, 3.05) is 26.7 Å². The van der Waals surface area contributed by atoms with Gasteiger partial charge < -0.3 is 14.7 Å². The van der Waals surface area contributed by atoms with Crippen molar-refractivity contribution in [2.45, 2.75) is 65.4 Å². The number of carbonyl (C=O) groups is 3. The molecule has 0 aliphatic heterocycles. The van der Waals surface area contributed by atoms with Crippen molar-refractivity contribution in [3.05, 3.63) is 0 Å². The third-order valence-corrected chi connectivity index (χ3v) is 3.33. The van der Waals surface area contributed by atoms with Gasteiger partial charge in [-0.2, -0.15) is 0 Å². The molecule has 7 nitrogen and oxygen atoms in total. The van der Waals surface area contributed by atoms with Gasteiger partial charge in [0.1, 0.15) is 18.7 Å². The van der Waals surface area contributed by atoms with Gasteiger partial charge in [-0.25, -0.2) is 4.79 Å². The minimum absolute atomic E-state index is 0.294. The van der Waals surface area contributed by atoms with Crippen molar-refractivity contribution in [1.29, 1.82) is 0 Å². The minimum Gasteiger partial charge on any atom is -0.480 e. The number of likely N-dealkylation sites (N-methyl/N-ethyl adjacent to an activating group) is 1. The molecule has 0 spiro atoms. The summed E-state index contributed by atoms with van der Waals surface area (Å²) < 4.78 is 5.16. The molecule has 0 rings (SSSR count). The molecule has 2 amide bonds. The first-order valence-corrected chi connectivity index (χ1v) is 8.50. The maximum absolute atomic E-state index is 12.2. The molecule has 24 heavy (non-hydrogen) atoms. The molecular formula is C17H32N2O5. The van der Waals surface area contributed by atoms with E-state index in [1.54, 1.807) is 27.8 Å². The molecule has 0 aromatic heterocycles. The number of carboxylic acid groups (broad SMARTS) is 1. The summed E-state index contributed by atoms with van der Waals surface area (Å²) in [5, 5.41) is 8.93. The van der Waals surface area contributed by atoms with Gasteiger partial charge in [-0.1, -0.05) is 32.6 Å². The summed E-state index contributed by atoms with van der Waals surface area (Å²) >= 11 is 0. The monoisotopic (exact) mass is 344 g/mol. The standard InChI is InChI=1S/C17H32N2O5/c1-6-7-8-9-10-11-18(5)14(20)12-19(13-15(21)22)16(23)24-17(2,3)4/h6-13H2,1-5H3,(H,21,22). The van der Waals surface area contributed by atoms with Gasteiger partial charge in [-0.3, -0.25) is 14.5 Å². The van der Waals surface area contributed by atoms with Gasteiger partial charge in [0.25, 0.3) is 0 Å². The quantitative estimate of drug-likeness (QED) is 0.616. The predicted molar refractivity (Wildman–Crippen MR) is 91.8 cm³/mol. The summed E-state index contributed by atoms with van der Waals surface area (Å²) in [7, 11) is 1.66. The summed E-state index contributed by atoms with van der Waals surface area (Å²) in [4.78, 5) is 37.6. The fourth-order valence-electron chi connectivity index (χ4n) is 2.04. The molecule has 0 fully saturated rings. The number of hydrogen-bond donors (Lipinski definition) is 1. The molecule has 0 unspecified atom stereocenters. The van der Waals surface area contributed by atoms with Crippen LogP contribution in [0.2, 0.25) is 0 Å². The molecule has 0 heterocycles. The van der Waals surface area contributed by atoms with Gasteiger partial charge in [0.2, 0.25) is 5.91 Å². The fraction of sp³-hybridized carbons (Fsp3) is 0.824. The molecule has 0 aromatic rings. The van der Waals surface area contributed by atoms with E-state index in [1.165, 1.54) is 11.3 Å². The minimum atomic E-state index is -1.18. The van der Waals surface area contributed by atoms with Crippen LogP contribution in [0.25, 0.3) is 0 Å². The molecule has 1 N–H and O–H groups in total. The largest absolute Gasteiger partial charge is 0.480 e. The normalized spacial score (nSPS) is 11.0. The van der Waals surface area contributed by atoms with E-state index in [0.717, 1.165) is 30.6 Å². The van der Waals surface area contributed by atoms with Crippen LogP contribution in [0.3, 0.4) is 0 Å². The summed E-state index contributed by atoms with van der Waals surface area (Å²) in [5.41, 5.74) is -0.748. The van der Waals surface area contributed by atoms with Gasteiger partial charge in [0.15, 0.2) is 0 Å². The first-order chi connectivity index (χ1) is 11.1. The van der Waals surface area contributed by atoms with E-state index in [1.807, 2.05) is 0 Å². The zero-order chi connectivity index (χ0) is 18.8. The Hall–Kier alpha value is -1.79. The molecule has 0 saturated carbocycles. The average Bonchev–Trinajstić information content (AvgIpc) is 2.43. The number of aliphatic carboxylic acids is 1. The smallest absolute Gasteiger partial charge is 0.411 e. The van der Waals surface area contributed by atoms with Gasteiger partial charge in [0, 0.05) is 13.6 Å². The van der Waals surface area contributed by atoms with E-state index in [9.17, 15) is 14.4 Å². The Morgan fingerprint density at radius 1 is 1.00 bits per heavy atom. The Labute approximate surface area is 144 Å². The van der Waals surface area contributed by atoms with Crippen LogP contribution in [0.15, 0.2) is 0 Å². The Bertz CT molecular complexity index is 418. The number of carboxylic acids is 1. The lowest BCUT2D eigenvalue weighted by atomic mass is 10.1. The van der Waals surface area contributed by atoms with Gasteiger partial charge in [0.05, 0.1) is 0 Å². The topological polar surface area (TPSA) is 87.2 Å². The number of carbonyl (C=O) groups excluding carboxylic acids is 2. The van der Waals surface area contributed by atoms with E-state index in [0.29, 0.717) is 6.54 Å². The Kier molecular flexibility index (Phi) is 10.1. The van der Waals surface area contributed by atoms with E-state index >= 15 is 0 Å². The number of rotatable bonds is 10. The molecule has 0 atom stereocenters. The van der Waals surface area contributed by atoms with Gasteiger partial charge >= 0.3 is 12.1 Å². The lowest BCUT2D eigenvalue weighted by molar-refractivity contribution is -0.139. The number of hydrogen-bond acceptors (Lipinski definition) is 4. The highest BCUT2D eigenvalue weighted by Gasteiger charge is 2.26. The summed E-state index contributed by atoms with van der Waals surface area (Å²) in [6.45, 7) is 6.94. The fourth-order valence-corrected chi connectivity index (χ4v) is 2.04. The Balaban J connectivity index is 4.52. The number of nitrogens with zero attached hydrogens (tertiary/aromatic N) is 2. The van der Waals surface area contributed by atoms with E-state index < -0.39 is 24.2 Å². The lowest BCUT2D eigenvalue weighted by Gasteiger charge is -2.27. The second-order valence-electron chi connectivity index (χ2n) is 6.96. The maximum atomic E-state index is 12.2. The first-order valence-electron chi connectivity index (χ1n) is 8.50. The van der Waals surface area contributed by atoms with Crippen LogP contribution in [0.4, 0.5) is 4.79 Å². The van der Waals surface area contributed by atoms with Crippen LogP contribution in [0.5, 0.6) is 0 Å². The van der Waals surface area contributed by atoms with Crippen LogP contribution in [-0.2, 0) is 14.3 Å². The molecular weight excluding hydrogens is 312 g/mol. The highest BCUT2D eigenvalue weighted by atomic mass is 16.6.